The minimum absolute atomic E-state index is 0.0202. The molecule has 7 heteroatoms. The number of benzene rings is 1. The molecule has 1 atom stereocenters. The quantitative estimate of drug-likeness (QED) is 0.456. The summed E-state index contributed by atoms with van der Waals surface area (Å²) in [6, 6.07) is 4.32. The SMILES string of the molecule is CCNC(=O)c1ccc([N+](=O)[O-])c(SCC(C)CO)c1. The molecule has 2 N–H and O–H groups in total. The first-order valence-electron chi connectivity index (χ1n) is 6.29. The van der Waals surface area contributed by atoms with Crippen molar-refractivity contribution in [2.24, 2.45) is 5.92 Å². The van der Waals surface area contributed by atoms with Gasteiger partial charge in [-0.05, 0) is 25.0 Å². The van der Waals surface area contributed by atoms with Crippen molar-refractivity contribution in [2.45, 2.75) is 18.7 Å². The number of nitrogens with one attached hydrogen (secondary N) is 1. The lowest BCUT2D eigenvalue weighted by Crippen LogP contribution is -2.22. The smallest absolute Gasteiger partial charge is 0.282 e. The number of aliphatic hydroxyl groups excluding tert-OH is 1. The van der Waals surface area contributed by atoms with Crippen LogP contribution in [0.2, 0.25) is 0 Å². The van der Waals surface area contributed by atoms with E-state index in [2.05, 4.69) is 5.32 Å². The first-order chi connectivity index (χ1) is 9.49. The van der Waals surface area contributed by atoms with Crippen molar-refractivity contribution in [1.29, 1.82) is 0 Å². The Kier molecular flexibility index (Phi) is 6.47. The largest absolute Gasteiger partial charge is 0.396 e. The molecule has 0 saturated carbocycles. The molecule has 0 aliphatic rings. The van der Waals surface area contributed by atoms with Crippen molar-refractivity contribution in [3.8, 4) is 0 Å². The van der Waals surface area contributed by atoms with Crippen LogP contribution in [0.25, 0.3) is 0 Å². The molecule has 1 aromatic carbocycles. The van der Waals surface area contributed by atoms with Gasteiger partial charge < -0.3 is 10.4 Å². The Hall–Kier alpha value is -1.60. The Morgan fingerprint density at radius 3 is 2.80 bits per heavy atom. The van der Waals surface area contributed by atoms with E-state index < -0.39 is 4.92 Å². The lowest BCUT2D eigenvalue weighted by molar-refractivity contribution is -0.387. The maximum atomic E-state index is 11.7. The van der Waals surface area contributed by atoms with E-state index in [0.29, 0.717) is 22.8 Å². The van der Waals surface area contributed by atoms with E-state index in [1.54, 1.807) is 0 Å². The molecule has 0 spiro atoms. The fourth-order valence-electron chi connectivity index (χ4n) is 1.47. The molecule has 20 heavy (non-hydrogen) atoms. The standard InChI is InChI=1S/C13H18N2O4S/c1-3-14-13(17)10-4-5-11(15(18)19)12(6-10)20-8-9(2)7-16/h4-6,9,16H,3,7-8H2,1-2H3,(H,14,17). The van der Waals surface area contributed by atoms with Crippen molar-refractivity contribution in [2.75, 3.05) is 18.9 Å². The van der Waals surface area contributed by atoms with Gasteiger partial charge in [-0.2, -0.15) is 0 Å². The van der Waals surface area contributed by atoms with Crippen molar-refractivity contribution in [3.05, 3.63) is 33.9 Å². The molecule has 0 bridgehead atoms. The van der Waals surface area contributed by atoms with Gasteiger partial charge in [0.2, 0.25) is 0 Å². The molecule has 0 aliphatic heterocycles. The fraction of sp³-hybridized carbons (Fsp3) is 0.462. The number of rotatable bonds is 7. The Balaban J connectivity index is 2.99. The molecule has 110 valence electrons. The molecule has 0 fully saturated rings. The van der Waals surface area contributed by atoms with E-state index in [0.717, 1.165) is 0 Å². The van der Waals surface area contributed by atoms with Crippen LogP contribution in [0.15, 0.2) is 23.1 Å². The van der Waals surface area contributed by atoms with Gasteiger partial charge in [0.05, 0.1) is 9.82 Å². The zero-order valence-electron chi connectivity index (χ0n) is 11.5. The summed E-state index contributed by atoms with van der Waals surface area (Å²) in [6.07, 6.45) is 0. The Labute approximate surface area is 121 Å². The van der Waals surface area contributed by atoms with Crippen molar-refractivity contribution < 1.29 is 14.8 Å². The minimum atomic E-state index is -0.465. The molecular formula is C13H18N2O4S. The first kappa shape index (κ1) is 16.5. The topological polar surface area (TPSA) is 92.5 Å². The Morgan fingerprint density at radius 2 is 2.25 bits per heavy atom. The monoisotopic (exact) mass is 298 g/mol. The molecule has 1 unspecified atom stereocenters. The third kappa shape index (κ3) is 4.50. The molecule has 0 saturated heterocycles. The lowest BCUT2D eigenvalue weighted by Gasteiger charge is -2.09. The highest BCUT2D eigenvalue weighted by Crippen LogP contribution is 2.31. The second kappa shape index (κ2) is 7.86. The van der Waals surface area contributed by atoms with E-state index in [1.165, 1.54) is 30.0 Å². The van der Waals surface area contributed by atoms with Crippen molar-refractivity contribution >= 4 is 23.4 Å². The van der Waals surface area contributed by atoms with Gasteiger partial charge in [-0.15, -0.1) is 11.8 Å². The molecule has 0 aliphatic carbocycles. The van der Waals surface area contributed by atoms with E-state index >= 15 is 0 Å². The van der Waals surface area contributed by atoms with Gasteiger partial charge in [0, 0.05) is 30.5 Å². The summed E-state index contributed by atoms with van der Waals surface area (Å²) >= 11 is 1.28. The third-order valence-electron chi connectivity index (χ3n) is 2.59. The molecule has 0 heterocycles. The average Bonchev–Trinajstić information content (AvgIpc) is 2.44. The van der Waals surface area contributed by atoms with E-state index in [1.807, 2.05) is 13.8 Å². The summed E-state index contributed by atoms with van der Waals surface area (Å²) in [5, 5.41) is 22.6. The average molecular weight is 298 g/mol. The van der Waals surface area contributed by atoms with Crippen LogP contribution in [0.5, 0.6) is 0 Å². The van der Waals surface area contributed by atoms with Gasteiger partial charge >= 0.3 is 0 Å². The van der Waals surface area contributed by atoms with Crippen molar-refractivity contribution in [1.82, 2.24) is 5.32 Å². The summed E-state index contributed by atoms with van der Waals surface area (Å²) in [4.78, 5) is 22.7. The van der Waals surface area contributed by atoms with Gasteiger partial charge in [-0.3, -0.25) is 14.9 Å². The van der Waals surface area contributed by atoms with Gasteiger partial charge in [-0.25, -0.2) is 0 Å². The van der Waals surface area contributed by atoms with Crippen molar-refractivity contribution in [3.63, 3.8) is 0 Å². The second-order valence-corrected chi connectivity index (χ2v) is 5.46. The van der Waals surface area contributed by atoms with Crippen LogP contribution >= 0.6 is 11.8 Å². The Morgan fingerprint density at radius 1 is 1.55 bits per heavy atom. The van der Waals surface area contributed by atoms with Gasteiger partial charge in [-0.1, -0.05) is 6.92 Å². The molecule has 0 aromatic heterocycles. The lowest BCUT2D eigenvalue weighted by atomic mass is 10.2. The fourth-order valence-corrected chi connectivity index (χ4v) is 2.54. The van der Waals surface area contributed by atoms with Crippen LogP contribution in [0.3, 0.4) is 0 Å². The summed E-state index contributed by atoms with van der Waals surface area (Å²) in [5.74, 6) is 0.336. The highest BCUT2D eigenvalue weighted by Gasteiger charge is 2.17. The van der Waals surface area contributed by atoms with Crippen LogP contribution in [-0.4, -0.2) is 34.8 Å². The molecule has 1 aromatic rings. The van der Waals surface area contributed by atoms with Gasteiger partial charge in [0.15, 0.2) is 0 Å². The number of thioether (sulfide) groups is 1. The number of nitrogens with zero attached hydrogens (tertiary/aromatic N) is 1. The number of carbonyl (C=O) groups is 1. The number of carbonyl (C=O) groups excluding carboxylic acids is 1. The summed E-state index contributed by atoms with van der Waals surface area (Å²) in [5.41, 5.74) is 0.379. The molecule has 1 rings (SSSR count). The first-order valence-corrected chi connectivity index (χ1v) is 7.28. The predicted molar refractivity (Wildman–Crippen MR) is 78.1 cm³/mol. The third-order valence-corrected chi connectivity index (χ3v) is 3.96. The number of hydrogen-bond donors (Lipinski definition) is 2. The van der Waals surface area contributed by atoms with Gasteiger partial charge in [0.1, 0.15) is 0 Å². The van der Waals surface area contributed by atoms with Crippen LogP contribution in [-0.2, 0) is 0 Å². The highest BCUT2D eigenvalue weighted by molar-refractivity contribution is 7.99. The maximum absolute atomic E-state index is 11.7. The maximum Gasteiger partial charge on any atom is 0.282 e. The zero-order chi connectivity index (χ0) is 15.1. The second-order valence-electron chi connectivity index (χ2n) is 4.40. The van der Waals surface area contributed by atoms with Crippen LogP contribution in [0.4, 0.5) is 5.69 Å². The minimum Gasteiger partial charge on any atom is -0.396 e. The molecular weight excluding hydrogens is 280 g/mol. The van der Waals surface area contributed by atoms with E-state index in [4.69, 9.17) is 5.11 Å². The number of amides is 1. The van der Waals surface area contributed by atoms with Crippen LogP contribution in [0, 0.1) is 16.0 Å². The predicted octanol–water partition coefficient (Wildman–Crippen LogP) is 2.06. The number of hydrogen-bond acceptors (Lipinski definition) is 5. The zero-order valence-corrected chi connectivity index (χ0v) is 12.3. The highest BCUT2D eigenvalue weighted by atomic mass is 32.2. The number of aliphatic hydroxyl groups is 1. The van der Waals surface area contributed by atoms with E-state index in [9.17, 15) is 14.9 Å². The molecule has 1 amide bonds. The Bertz CT molecular complexity index is 493. The summed E-state index contributed by atoms with van der Waals surface area (Å²) in [7, 11) is 0. The van der Waals surface area contributed by atoms with Crippen LogP contribution in [0.1, 0.15) is 24.2 Å². The van der Waals surface area contributed by atoms with E-state index in [-0.39, 0.29) is 24.1 Å². The number of nitro groups is 1. The molecule has 6 nitrogen and oxygen atoms in total. The summed E-state index contributed by atoms with van der Waals surface area (Å²) in [6.45, 7) is 4.19. The molecule has 0 radical (unpaired) electrons. The van der Waals surface area contributed by atoms with Gasteiger partial charge in [0.25, 0.3) is 11.6 Å². The summed E-state index contributed by atoms with van der Waals surface area (Å²) < 4.78 is 0. The number of nitro benzene ring substituents is 1. The van der Waals surface area contributed by atoms with Crippen LogP contribution < -0.4 is 5.32 Å². The normalized spacial score (nSPS) is 11.9.